The van der Waals surface area contributed by atoms with Gasteiger partial charge in [0.25, 0.3) is 0 Å². The summed E-state index contributed by atoms with van der Waals surface area (Å²) in [6.45, 7) is -0.193. The van der Waals surface area contributed by atoms with Gasteiger partial charge in [-0.2, -0.15) is 15.0 Å². The zero-order valence-corrected chi connectivity index (χ0v) is 10.3. The molecular weight excluding hydrogens is 272 g/mol. The van der Waals surface area contributed by atoms with Crippen molar-refractivity contribution in [3.63, 3.8) is 0 Å². The lowest BCUT2D eigenvalue weighted by molar-refractivity contribution is 0.0462. The van der Waals surface area contributed by atoms with E-state index in [0.29, 0.717) is 0 Å². The van der Waals surface area contributed by atoms with E-state index in [1.165, 1.54) is 12.3 Å². The number of rotatable bonds is 3. The molecule has 0 saturated carbocycles. The third-order valence-corrected chi connectivity index (χ3v) is 2.33. The highest BCUT2D eigenvalue weighted by Gasteiger charge is 2.13. The number of anilines is 2. The molecule has 0 amide bonds. The number of aromatic nitrogens is 4. The molecule has 0 aliphatic rings. The van der Waals surface area contributed by atoms with Crippen molar-refractivity contribution in [1.82, 2.24) is 19.9 Å². The molecule has 9 heteroatoms. The quantitative estimate of drug-likeness (QED) is 0.612. The van der Waals surface area contributed by atoms with Crippen molar-refractivity contribution in [2.24, 2.45) is 0 Å². The van der Waals surface area contributed by atoms with Crippen molar-refractivity contribution in [2.75, 3.05) is 11.5 Å². The van der Waals surface area contributed by atoms with Gasteiger partial charge in [-0.1, -0.05) is 11.6 Å². The van der Waals surface area contributed by atoms with Gasteiger partial charge in [0.15, 0.2) is 12.4 Å². The Hall–Kier alpha value is -2.48. The first-order valence-corrected chi connectivity index (χ1v) is 5.47. The van der Waals surface area contributed by atoms with Crippen LogP contribution in [0.2, 0.25) is 5.15 Å². The predicted molar refractivity (Wildman–Crippen MR) is 67.0 cm³/mol. The molecule has 0 atom stereocenters. The molecule has 0 fully saturated rings. The molecule has 0 bridgehead atoms. The van der Waals surface area contributed by atoms with Gasteiger partial charge in [0, 0.05) is 6.20 Å². The van der Waals surface area contributed by atoms with Crippen LogP contribution in [-0.4, -0.2) is 25.9 Å². The second-order valence-corrected chi connectivity index (χ2v) is 3.74. The van der Waals surface area contributed by atoms with Crippen molar-refractivity contribution in [3.05, 3.63) is 34.9 Å². The fraction of sp³-hybridized carbons (Fsp3) is 0.100. The fourth-order valence-electron chi connectivity index (χ4n) is 1.27. The SMILES string of the molecule is Nc1nc(N)nc(COC(=O)c2cccnc2Cl)n1. The molecule has 98 valence electrons. The Morgan fingerprint density at radius 2 is 1.95 bits per heavy atom. The highest BCUT2D eigenvalue weighted by atomic mass is 35.5. The van der Waals surface area contributed by atoms with Gasteiger partial charge in [0.1, 0.15) is 5.15 Å². The van der Waals surface area contributed by atoms with Crippen LogP contribution in [0.4, 0.5) is 11.9 Å². The molecular formula is C10H9ClN6O2. The van der Waals surface area contributed by atoms with Gasteiger partial charge in [0.05, 0.1) is 5.56 Å². The van der Waals surface area contributed by atoms with Crippen molar-refractivity contribution in [2.45, 2.75) is 6.61 Å². The summed E-state index contributed by atoms with van der Waals surface area (Å²) < 4.78 is 4.98. The topological polar surface area (TPSA) is 130 Å². The Morgan fingerprint density at radius 3 is 2.58 bits per heavy atom. The second kappa shape index (κ2) is 5.44. The van der Waals surface area contributed by atoms with E-state index in [-0.39, 0.29) is 35.0 Å². The lowest BCUT2D eigenvalue weighted by Gasteiger charge is -2.05. The first-order valence-electron chi connectivity index (χ1n) is 5.10. The molecule has 0 aromatic carbocycles. The molecule has 0 saturated heterocycles. The summed E-state index contributed by atoms with van der Waals surface area (Å²) in [7, 11) is 0. The summed E-state index contributed by atoms with van der Waals surface area (Å²) in [4.78, 5) is 26.6. The normalized spacial score (nSPS) is 10.2. The molecule has 2 aromatic rings. The van der Waals surface area contributed by atoms with E-state index in [4.69, 9.17) is 27.8 Å². The van der Waals surface area contributed by atoms with Gasteiger partial charge in [-0.05, 0) is 12.1 Å². The van der Waals surface area contributed by atoms with Crippen LogP contribution in [-0.2, 0) is 11.3 Å². The lowest BCUT2D eigenvalue weighted by Crippen LogP contribution is -2.11. The van der Waals surface area contributed by atoms with Crippen molar-refractivity contribution >= 4 is 29.5 Å². The number of esters is 1. The van der Waals surface area contributed by atoms with E-state index in [9.17, 15) is 4.79 Å². The van der Waals surface area contributed by atoms with E-state index in [2.05, 4.69) is 19.9 Å². The molecule has 2 rings (SSSR count). The molecule has 19 heavy (non-hydrogen) atoms. The highest BCUT2D eigenvalue weighted by Crippen LogP contribution is 2.13. The Morgan fingerprint density at radius 1 is 1.26 bits per heavy atom. The molecule has 8 nitrogen and oxygen atoms in total. The Bertz CT molecular complexity index is 600. The van der Waals surface area contributed by atoms with Gasteiger partial charge < -0.3 is 16.2 Å². The number of hydrogen-bond acceptors (Lipinski definition) is 8. The number of carbonyl (C=O) groups excluding carboxylic acids is 1. The molecule has 0 unspecified atom stereocenters. The van der Waals surface area contributed by atoms with E-state index in [1.54, 1.807) is 6.07 Å². The van der Waals surface area contributed by atoms with Crippen molar-refractivity contribution in [3.8, 4) is 0 Å². The minimum atomic E-state index is -0.643. The van der Waals surface area contributed by atoms with E-state index in [1.807, 2.05) is 0 Å². The molecule has 2 aromatic heterocycles. The van der Waals surface area contributed by atoms with Gasteiger partial charge in [-0.15, -0.1) is 0 Å². The zero-order chi connectivity index (χ0) is 13.8. The summed E-state index contributed by atoms with van der Waals surface area (Å²) in [5, 5.41) is 0.0576. The van der Waals surface area contributed by atoms with Crippen LogP contribution in [0.1, 0.15) is 16.2 Å². The summed E-state index contributed by atoms with van der Waals surface area (Å²) in [6, 6.07) is 3.06. The Balaban J connectivity index is 2.07. The average Bonchev–Trinajstić information content (AvgIpc) is 2.35. The maximum atomic E-state index is 11.7. The van der Waals surface area contributed by atoms with Crippen LogP contribution in [0.25, 0.3) is 0 Å². The molecule has 0 aliphatic heterocycles. The number of ether oxygens (including phenoxy) is 1. The number of hydrogen-bond donors (Lipinski definition) is 2. The van der Waals surface area contributed by atoms with E-state index >= 15 is 0 Å². The van der Waals surface area contributed by atoms with Crippen LogP contribution in [0.3, 0.4) is 0 Å². The molecule has 0 aliphatic carbocycles. The third kappa shape index (κ3) is 3.26. The largest absolute Gasteiger partial charge is 0.454 e. The number of nitrogen functional groups attached to an aromatic ring is 2. The monoisotopic (exact) mass is 280 g/mol. The summed E-state index contributed by atoms with van der Waals surface area (Å²) in [5.41, 5.74) is 10.9. The fourth-order valence-corrected chi connectivity index (χ4v) is 1.46. The summed E-state index contributed by atoms with van der Waals surface area (Å²) >= 11 is 5.76. The second-order valence-electron chi connectivity index (χ2n) is 3.39. The number of carbonyl (C=O) groups is 1. The maximum Gasteiger partial charge on any atom is 0.341 e. The summed E-state index contributed by atoms with van der Waals surface area (Å²) in [6.07, 6.45) is 1.46. The first-order chi connectivity index (χ1) is 9.06. The summed E-state index contributed by atoms with van der Waals surface area (Å²) in [5.74, 6) is -0.579. The lowest BCUT2D eigenvalue weighted by atomic mass is 10.3. The first kappa shape index (κ1) is 13.0. The molecule has 0 spiro atoms. The van der Waals surface area contributed by atoms with Gasteiger partial charge >= 0.3 is 5.97 Å². The van der Waals surface area contributed by atoms with Crippen LogP contribution in [0.5, 0.6) is 0 Å². The standard InChI is InChI=1S/C10H9ClN6O2/c11-7-5(2-1-3-14-7)8(18)19-4-6-15-9(12)17-10(13)16-6/h1-3H,4H2,(H4,12,13,15,16,17). The van der Waals surface area contributed by atoms with Gasteiger partial charge in [0.2, 0.25) is 11.9 Å². The Kier molecular flexibility index (Phi) is 3.71. The molecule has 0 radical (unpaired) electrons. The Labute approximate surface area is 112 Å². The van der Waals surface area contributed by atoms with Crippen LogP contribution in [0, 0.1) is 0 Å². The molecule has 2 heterocycles. The highest BCUT2D eigenvalue weighted by molar-refractivity contribution is 6.32. The smallest absolute Gasteiger partial charge is 0.341 e. The predicted octanol–water partition coefficient (Wildman–Crippen LogP) is 0.441. The number of pyridine rings is 1. The third-order valence-electron chi connectivity index (χ3n) is 2.03. The van der Waals surface area contributed by atoms with Crippen molar-refractivity contribution in [1.29, 1.82) is 0 Å². The van der Waals surface area contributed by atoms with E-state index in [0.717, 1.165) is 0 Å². The van der Waals surface area contributed by atoms with E-state index < -0.39 is 5.97 Å². The zero-order valence-electron chi connectivity index (χ0n) is 9.58. The van der Waals surface area contributed by atoms with Gasteiger partial charge in [-0.3, -0.25) is 0 Å². The van der Waals surface area contributed by atoms with Crippen LogP contribution >= 0.6 is 11.6 Å². The van der Waals surface area contributed by atoms with Crippen LogP contribution in [0.15, 0.2) is 18.3 Å². The van der Waals surface area contributed by atoms with Crippen LogP contribution < -0.4 is 11.5 Å². The maximum absolute atomic E-state index is 11.7. The van der Waals surface area contributed by atoms with Crippen molar-refractivity contribution < 1.29 is 9.53 Å². The minimum absolute atomic E-state index is 0.0436. The number of nitrogens with two attached hydrogens (primary N) is 2. The number of halogens is 1. The number of nitrogens with zero attached hydrogens (tertiary/aromatic N) is 4. The van der Waals surface area contributed by atoms with Gasteiger partial charge in [-0.25, -0.2) is 9.78 Å². The molecule has 4 N–H and O–H groups in total. The minimum Gasteiger partial charge on any atom is -0.454 e. The average molecular weight is 281 g/mol.